The number of imide groups is 1. The molecule has 1 saturated heterocycles. The van der Waals surface area contributed by atoms with Crippen LogP contribution in [-0.2, 0) is 25.7 Å². The van der Waals surface area contributed by atoms with Crippen LogP contribution >= 0.6 is 0 Å². The van der Waals surface area contributed by atoms with Crippen molar-refractivity contribution < 1.29 is 23.9 Å². The number of benzene rings is 2. The third kappa shape index (κ3) is 3.44. The van der Waals surface area contributed by atoms with Gasteiger partial charge in [-0.3, -0.25) is 15.0 Å². The van der Waals surface area contributed by atoms with Crippen molar-refractivity contribution in [2.75, 3.05) is 12.0 Å². The number of hydrogen-bond acceptors (Lipinski definition) is 7. The van der Waals surface area contributed by atoms with Crippen LogP contribution in [0.3, 0.4) is 0 Å². The van der Waals surface area contributed by atoms with E-state index in [0.29, 0.717) is 11.4 Å². The molecule has 1 N–H and O–H groups in total. The lowest BCUT2D eigenvalue weighted by molar-refractivity contribution is -0.136. The van der Waals surface area contributed by atoms with Crippen LogP contribution in [0.5, 0.6) is 5.75 Å². The Morgan fingerprint density at radius 3 is 2.52 bits per heavy atom. The van der Waals surface area contributed by atoms with Gasteiger partial charge in [0.1, 0.15) is 23.6 Å². The number of hydrazone groups is 1. The van der Waals surface area contributed by atoms with Crippen molar-refractivity contribution in [3.8, 4) is 5.75 Å². The van der Waals surface area contributed by atoms with Gasteiger partial charge in [0.15, 0.2) is 0 Å². The molecule has 0 radical (unpaired) electrons. The molecule has 0 aliphatic carbocycles. The average molecular weight is 393 g/mol. The topological polar surface area (TPSA) is 97.3 Å². The summed E-state index contributed by atoms with van der Waals surface area (Å²) in [5, 5.41) is 4.00. The highest BCUT2D eigenvalue weighted by molar-refractivity contribution is 6.39. The second-order valence-electron chi connectivity index (χ2n) is 6.90. The number of anilines is 1. The highest BCUT2D eigenvalue weighted by atomic mass is 16.5. The summed E-state index contributed by atoms with van der Waals surface area (Å²) in [6.07, 6.45) is -0.0886. The van der Waals surface area contributed by atoms with Crippen LogP contribution < -0.4 is 15.1 Å². The molecule has 1 spiro atoms. The van der Waals surface area contributed by atoms with Gasteiger partial charge in [-0.25, -0.2) is 9.69 Å². The van der Waals surface area contributed by atoms with Gasteiger partial charge >= 0.3 is 5.97 Å². The molecule has 2 heterocycles. The van der Waals surface area contributed by atoms with Crippen LogP contribution in [0.4, 0.5) is 5.69 Å². The van der Waals surface area contributed by atoms with Crippen LogP contribution in [0, 0.1) is 0 Å². The molecule has 29 heavy (non-hydrogen) atoms. The Morgan fingerprint density at radius 1 is 1.10 bits per heavy atom. The van der Waals surface area contributed by atoms with Gasteiger partial charge in [0, 0.05) is 6.42 Å². The summed E-state index contributed by atoms with van der Waals surface area (Å²) >= 11 is 0. The lowest BCUT2D eigenvalue weighted by Gasteiger charge is -2.21. The van der Waals surface area contributed by atoms with Crippen molar-refractivity contribution >= 4 is 29.2 Å². The van der Waals surface area contributed by atoms with E-state index in [1.807, 2.05) is 30.3 Å². The highest BCUT2D eigenvalue weighted by Crippen LogP contribution is 2.35. The quantitative estimate of drug-likeness (QED) is 0.614. The van der Waals surface area contributed by atoms with E-state index in [1.54, 1.807) is 24.3 Å². The van der Waals surface area contributed by atoms with Gasteiger partial charge in [-0.1, -0.05) is 30.3 Å². The number of rotatable bonds is 5. The molecule has 4 rings (SSSR count). The maximum absolute atomic E-state index is 13.0. The summed E-state index contributed by atoms with van der Waals surface area (Å²) in [7, 11) is 1.54. The second kappa shape index (κ2) is 7.38. The number of ether oxygens (including phenoxy) is 2. The molecule has 2 amide bonds. The Hall–Kier alpha value is -3.68. The number of methoxy groups -OCH3 is 1. The van der Waals surface area contributed by atoms with Crippen molar-refractivity contribution in [3.63, 3.8) is 0 Å². The smallest absolute Gasteiger partial charge is 0.354 e. The molecule has 1 atom stereocenters. The predicted octanol–water partition coefficient (Wildman–Crippen LogP) is 1.79. The minimum atomic E-state index is -1.25. The highest BCUT2D eigenvalue weighted by Gasteiger charge is 2.56. The lowest BCUT2D eigenvalue weighted by Crippen LogP contribution is -2.47. The summed E-state index contributed by atoms with van der Waals surface area (Å²) in [6, 6.07) is 15.9. The predicted molar refractivity (Wildman–Crippen MR) is 104 cm³/mol. The molecule has 1 fully saturated rings. The van der Waals surface area contributed by atoms with Crippen molar-refractivity contribution in [1.29, 1.82) is 0 Å². The molecule has 2 aromatic rings. The van der Waals surface area contributed by atoms with Gasteiger partial charge < -0.3 is 9.47 Å². The van der Waals surface area contributed by atoms with Crippen molar-refractivity contribution in [3.05, 3.63) is 60.2 Å². The fourth-order valence-electron chi connectivity index (χ4n) is 3.42. The van der Waals surface area contributed by atoms with E-state index in [-0.39, 0.29) is 31.1 Å². The zero-order valence-corrected chi connectivity index (χ0v) is 15.8. The average Bonchev–Trinajstić information content (AvgIpc) is 3.28. The first-order valence-electron chi connectivity index (χ1n) is 9.09. The molecule has 148 valence electrons. The number of carbonyl (C=O) groups is 3. The molecular formula is C21H19N3O5. The van der Waals surface area contributed by atoms with Gasteiger partial charge in [0.05, 0.1) is 19.2 Å². The van der Waals surface area contributed by atoms with Gasteiger partial charge in [-0.05, 0) is 29.8 Å². The summed E-state index contributed by atoms with van der Waals surface area (Å²) in [6.45, 7) is 0.108. The molecule has 0 saturated carbocycles. The monoisotopic (exact) mass is 393 g/mol. The Labute approximate surface area is 167 Å². The summed E-state index contributed by atoms with van der Waals surface area (Å²) in [5.74, 6) is -0.793. The van der Waals surface area contributed by atoms with Crippen LogP contribution in [0.15, 0.2) is 59.7 Å². The van der Waals surface area contributed by atoms with Gasteiger partial charge in [0.2, 0.25) is 5.91 Å². The Morgan fingerprint density at radius 2 is 1.83 bits per heavy atom. The Balaban J connectivity index is 1.44. The normalized spacial score (nSPS) is 20.6. The largest absolute Gasteiger partial charge is 0.497 e. The van der Waals surface area contributed by atoms with Crippen LogP contribution in [0.2, 0.25) is 0 Å². The molecule has 2 aliphatic rings. The lowest BCUT2D eigenvalue weighted by atomic mass is 9.93. The van der Waals surface area contributed by atoms with E-state index in [1.165, 1.54) is 7.11 Å². The molecular weight excluding hydrogens is 374 g/mol. The number of esters is 1. The molecule has 1 unspecified atom stereocenters. The second-order valence-corrected chi connectivity index (χ2v) is 6.90. The molecule has 2 aliphatic heterocycles. The van der Waals surface area contributed by atoms with E-state index in [0.717, 1.165) is 10.5 Å². The summed E-state index contributed by atoms with van der Waals surface area (Å²) in [5.41, 5.74) is 2.85. The summed E-state index contributed by atoms with van der Waals surface area (Å²) in [4.78, 5) is 39.0. The number of amides is 2. The molecule has 8 heteroatoms. The standard InChI is InChI=1S/C21H19N3O5/c1-28-16-9-7-15(8-10-16)24-18(25)12-21(20(24)27)11-17(22-23-21)19(26)29-13-14-5-3-2-4-6-14/h2-10,23H,11-13H2,1H3. The van der Waals surface area contributed by atoms with Crippen molar-refractivity contribution in [2.24, 2.45) is 5.10 Å². The summed E-state index contributed by atoms with van der Waals surface area (Å²) < 4.78 is 10.4. The molecule has 0 bridgehead atoms. The first-order valence-corrected chi connectivity index (χ1v) is 9.09. The van der Waals surface area contributed by atoms with Crippen LogP contribution in [0.25, 0.3) is 0 Å². The fourth-order valence-corrected chi connectivity index (χ4v) is 3.42. The molecule has 8 nitrogen and oxygen atoms in total. The fraction of sp³-hybridized carbons (Fsp3) is 0.238. The Bertz CT molecular complexity index is 987. The zero-order chi connectivity index (χ0) is 20.4. The van der Waals surface area contributed by atoms with Crippen LogP contribution in [-0.4, -0.2) is 36.1 Å². The SMILES string of the molecule is COc1ccc(N2C(=O)CC3(CC(C(=O)OCc4ccccc4)=NN3)C2=O)cc1. The van der Waals surface area contributed by atoms with Gasteiger partial charge in [0.25, 0.3) is 5.91 Å². The number of carbonyl (C=O) groups excluding carboxylic acids is 3. The number of nitrogens with zero attached hydrogens (tertiary/aromatic N) is 2. The third-order valence-corrected chi connectivity index (χ3v) is 4.97. The van der Waals surface area contributed by atoms with Gasteiger partial charge in [-0.2, -0.15) is 5.10 Å². The van der Waals surface area contributed by atoms with E-state index in [4.69, 9.17) is 9.47 Å². The van der Waals surface area contributed by atoms with E-state index < -0.39 is 17.4 Å². The molecule has 2 aromatic carbocycles. The third-order valence-electron chi connectivity index (χ3n) is 4.97. The van der Waals surface area contributed by atoms with E-state index >= 15 is 0 Å². The van der Waals surface area contributed by atoms with Crippen molar-refractivity contribution in [1.82, 2.24) is 5.43 Å². The minimum absolute atomic E-state index is 0.00213. The first kappa shape index (κ1) is 18.7. The van der Waals surface area contributed by atoms with Gasteiger partial charge in [-0.15, -0.1) is 0 Å². The maximum Gasteiger partial charge on any atom is 0.354 e. The maximum atomic E-state index is 13.0. The number of nitrogens with one attached hydrogen (secondary N) is 1. The first-order chi connectivity index (χ1) is 14.0. The van der Waals surface area contributed by atoms with Crippen LogP contribution in [0.1, 0.15) is 18.4 Å². The van der Waals surface area contributed by atoms with Crippen molar-refractivity contribution in [2.45, 2.75) is 25.0 Å². The number of hydrogen-bond donors (Lipinski definition) is 1. The van der Waals surface area contributed by atoms with E-state index in [9.17, 15) is 14.4 Å². The van der Waals surface area contributed by atoms with E-state index in [2.05, 4.69) is 10.5 Å². The minimum Gasteiger partial charge on any atom is -0.497 e. The zero-order valence-electron chi connectivity index (χ0n) is 15.8. The molecule has 0 aromatic heterocycles. The Kier molecular flexibility index (Phi) is 4.75.